The zero-order valence-corrected chi connectivity index (χ0v) is 17.4. The lowest BCUT2D eigenvalue weighted by Crippen LogP contribution is -2.69. The first-order chi connectivity index (χ1) is 14.4. The summed E-state index contributed by atoms with van der Waals surface area (Å²) in [6.07, 6.45) is 6.75. The molecule has 156 valence electrons. The van der Waals surface area contributed by atoms with Crippen molar-refractivity contribution >= 4 is 11.8 Å². The van der Waals surface area contributed by atoms with Gasteiger partial charge in [0.2, 0.25) is 5.91 Å². The summed E-state index contributed by atoms with van der Waals surface area (Å²) >= 11 is 0. The standard InChI is InChI=1S/C24H27N3O3/c1-15(16-8-11-25-12-9-16)26-22(29)19-13-17-7-10-23(19,2)14-24(17)27-21(28)18-5-3-4-6-20(18)30-24/h3-6,8-9,11-12,15,17,19H,7,10,13-14H2,1-2H3,(H,26,29)(H,27,28). The molecule has 3 fully saturated rings. The Balaban J connectivity index is 1.37. The summed E-state index contributed by atoms with van der Waals surface area (Å²) in [5, 5.41) is 6.37. The van der Waals surface area contributed by atoms with Crippen LogP contribution in [0, 0.1) is 17.3 Å². The summed E-state index contributed by atoms with van der Waals surface area (Å²) in [6, 6.07) is 11.2. The first-order valence-electron chi connectivity index (χ1n) is 10.7. The molecule has 2 aromatic rings. The van der Waals surface area contributed by atoms with Crippen molar-refractivity contribution in [3.05, 3.63) is 59.9 Å². The molecule has 2 bridgehead atoms. The van der Waals surface area contributed by atoms with Crippen LogP contribution in [-0.4, -0.2) is 22.5 Å². The monoisotopic (exact) mass is 405 g/mol. The number of ether oxygens (including phenoxy) is 1. The second-order valence-corrected chi connectivity index (χ2v) is 9.31. The second kappa shape index (κ2) is 6.83. The highest BCUT2D eigenvalue weighted by molar-refractivity contribution is 5.98. The van der Waals surface area contributed by atoms with E-state index in [1.807, 2.05) is 37.3 Å². The number of hydrogen-bond acceptors (Lipinski definition) is 4. The summed E-state index contributed by atoms with van der Waals surface area (Å²) in [5.41, 5.74) is 0.679. The third kappa shape index (κ3) is 2.97. The number of fused-ring (bicyclic) bond motifs is 3. The predicted octanol–water partition coefficient (Wildman–Crippen LogP) is 3.60. The third-order valence-electron chi connectivity index (χ3n) is 7.38. The number of rotatable bonds is 3. The van der Waals surface area contributed by atoms with E-state index in [0.29, 0.717) is 24.2 Å². The molecule has 2 N–H and O–H groups in total. The Labute approximate surface area is 176 Å². The molecule has 6 heteroatoms. The second-order valence-electron chi connectivity index (χ2n) is 9.31. The highest BCUT2D eigenvalue weighted by Crippen LogP contribution is 2.59. The molecule has 3 saturated carbocycles. The molecule has 0 radical (unpaired) electrons. The van der Waals surface area contributed by atoms with Crippen molar-refractivity contribution in [2.24, 2.45) is 17.3 Å². The molecule has 1 aliphatic heterocycles. The molecule has 2 amide bonds. The number of carbonyl (C=O) groups is 2. The van der Waals surface area contributed by atoms with Crippen molar-refractivity contribution in [1.29, 1.82) is 0 Å². The number of nitrogens with one attached hydrogen (secondary N) is 2. The average molecular weight is 405 g/mol. The van der Waals surface area contributed by atoms with E-state index in [4.69, 9.17) is 4.74 Å². The Morgan fingerprint density at radius 2 is 2.03 bits per heavy atom. The Kier molecular flexibility index (Phi) is 4.34. The van der Waals surface area contributed by atoms with Crippen LogP contribution < -0.4 is 15.4 Å². The van der Waals surface area contributed by atoms with Crippen LogP contribution >= 0.6 is 0 Å². The number of amides is 2. The van der Waals surface area contributed by atoms with Crippen LogP contribution in [0.2, 0.25) is 0 Å². The normalized spacial score (nSPS) is 32.7. The van der Waals surface area contributed by atoms with Crippen molar-refractivity contribution in [3.8, 4) is 5.75 Å². The summed E-state index contributed by atoms with van der Waals surface area (Å²) in [7, 11) is 0. The lowest BCUT2D eigenvalue weighted by Gasteiger charge is -2.59. The molecule has 5 unspecified atom stereocenters. The van der Waals surface area contributed by atoms with Crippen LogP contribution in [0.25, 0.3) is 0 Å². The van der Waals surface area contributed by atoms with Crippen molar-refractivity contribution in [2.45, 2.75) is 51.3 Å². The van der Waals surface area contributed by atoms with Gasteiger partial charge in [-0.25, -0.2) is 0 Å². The molecule has 6 nitrogen and oxygen atoms in total. The minimum absolute atomic E-state index is 0.0731. The molecule has 1 aromatic heterocycles. The SMILES string of the molecule is CC(NC(=O)C1CC2CCC1(C)CC21NC(=O)c2ccccc2O1)c1ccncc1. The molecule has 5 atom stereocenters. The predicted molar refractivity (Wildman–Crippen MR) is 112 cm³/mol. The highest BCUT2D eigenvalue weighted by atomic mass is 16.5. The van der Waals surface area contributed by atoms with E-state index < -0.39 is 5.72 Å². The van der Waals surface area contributed by atoms with Crippen molar-refractivity contribution in [1.82, 2.24) is 15.6 Å². The van der Waals surface area contributed by atoms with Crippen LogP contribution in [0.15, 0.2) is 48.8 Å². The van der Waals surface area contributed by atoms with Gasteiger partial charge in [0.25, 0.3) is 5.91 Å². The van der Waals surface area contributed by atoms with Crippen LogP contribution in [-0.2, 0) is 4.79 Å². The molecule has 6 rings (SSSR count). The van der Waals surface area contributed by atoms with E-state index >= 15 is 0 Å². The lowest BCUT2D eigenvalue weighted by atomic mass is 9.52. The highest BCUT2D eigenvalue weighted by Gasteiger charge is 2.61. The van der Waals surface area contributed by atoms with Crippen molar-refractivity contribution in [3.63, 3.8) is 0 Å². The summed E-state index contributed by atoms with van der Waals surface area (Å²) in [4.78, 5) is 30.1. The first-order valence-corrected chi connectivity index (χ1v) is 10.7. The van der Waals surface area contributed by atoms with E-state index in [-0.39, 0.29) is 35.1 Å². The van der Waals surface area contributed by atoms with Crippen molar-refractivity contribution in [2.75, 3.05) is 0 Å². The Morgan fingerprint density at radius 1 is 1.27 bits per heavy atom. The first kappa shape index (κ1) is 19.1. The van der Waals surface area contributed by atoms with Gasteiger partial charge in [-0.05, 0) is 61.4 Å². The summed E-state index contributed by atoms with van der Waals surface area (Å²) in [6.45, 7) is 4.17. The number of nitrogens with zero attached hydrogens (tertiary/aromatic N) is 1. The molecular formula is C24H27N3O3. The number of aromatic nitrogens is 1. The summed E-state index contributed by atoms with van der Waals surface area (Å²) < 4.78 is 6.44. The summed E-state index contributed by atoms with van der Waals surface area (Å²) in [5.74, 6) is 0.668. The van der Waals surface area contributed by atoms with E-state index in [2.05, 4.69) is 22.5 Å². The molecule has 3 aliphatic carbocycles. The minimum Gasteiger partial charge on any atom is -0.467 e. The largest absolute Gasteiger partial charge is 0.467 e. The van der Waals surface area contributed by atoms with Gasteiger partial charge in [-0.1, -0.05) is 19.1 Å². The van der Waals surface area contributed by atoms with Crippen LogP contribution in [0.4, 0.5) is 0 Å². The Morgan fingerprint density at radius 3 is 2.80 bits per heavy atom. The maximum atomic E-state index is 13.3. The van der Waals surface area contributed by atoms with Gasteiger partial charge < -0.3 is 15.4 Å². The molecule has 1 spiro atoms. The van der Waals surface area contributed by atoms with Gasteiger partial charge in [0, 0.05) is 30.7 Å². The van der Waals surface area contributed by atoms with Gasteiger partial charge in [0.05, 0.1) is 11.6 Å². The van der Waals surface area contributed by atoms with Gasteiger partial charge in [0.1, 0.15) is 5.75 Å². The number of hydrogen-bond donors (Lipinski definition) is 2. The topological polar surface area (TPSA) is 80.3 Å². The van der Waals surface area contributed by atoms with Crippen LogP contribution in [0.5, 0.6) is 5.75 Å². The fraction of sp³-hybridized carbons (Fsp3) is 0.458. The van der Waals surface area contributed by atoms with Gasteiger partial charge in [-0.3, -0.25) is 14.6 Å². The zero-order valence-electron chi connectivity index (χ0n) is 17.4. The molecule has 1 aromatic carbocycles. The maximum Gasteiger partial charge on any atom is 0.258 e. The lowest BCUT2D eigenvalue weighted by molar-refractivity contribution is -0.167. The van der Waals surface area contributed by atoms with E-state index in [1.165, 1.54) is 0 Å². The van der Waals surface area contributed by atoms with E-state index in [0.717, 1.165) is 18.4 Å². The zero-order chi connectivity index (χ0) is 20.9. The molecule has 0 saturated heterocycles. The molecular weight excluding hydrogens is 378 g/mol. The van der Waals surface area contributed by atoms with Gasteiger partial charge in [-0.2, -0.15) is 0 Å². The van der Waals surface area contributed by atoms with Crippen molar-refractivity contribution < 1.29 is 14.3 Å². The fourth-order valence-electron chi connectivity index (χ4n) is 5.71. The number of carbonyl (C=O) groups excluding carboxylic acids is 2. The average Bonchev–Trinajstić information content (AvgIpc) is 2.74. The molecule has 4 aliphatic rings. The quantitative estimate of drug-likeness (QED) is 0.818. The Bertz CT molecular complexity index is 994. The number of para-hydroxylation sites is 1. The molecule has 30 heavy (non-hydrogen) atoms. The fourth-order valence-corrected chi connectivity index (χ4v) is 5.71. The maximum absolute atomic E-state index is 13.3. The van der Waals surface area contributed by atoms with E-state index in [9.17, 15) is 9.59 Å². The Hall–Kier alpha value is -2.89. The molecule has 2 heterocycles. The van der Waals surface area contributed by atoms with Gasteiger partial charge in [0.15, 0.2) is 5.72 Å². The number of pyridine rings is 1. The van der Waals surface area contributed by atoms with E-state index in [1.54, 1.807) is 18.5 Å². The smallest absolute Gasteiger partial charge is 0.258 e. The van der Waals surface area contributed by atoms with Gasteiger partial charge in [-0.15, -0.1) is 0 Å². The third-order valence-corrected chi connectivity index (χ3v) is 7.38. The van der Waals surface area contributed by atoms with Gasteiger partial charge >= 0.3 is 0 Å². The van der Waals surface area contributed by atoms with Crippen LogP contribution in [0.1, 0.15) is 61.5 Å². The minimum atomic E-state index is -0.716. The number of benzene rings is 1. The van der Waals surface area contributed by atoms with Crippen LogP contribution in [0.3, 0.4) is 0 Å².